The molecule has 1 N–H and O–H groups in total. The summed E-state index contributed by atoms with van der Waals surface area (Å²) in [5.41, 5.74) is 4.22. The van der Waals surface area contributed by atoms with Gasteiger partial charge in [0, 0.05) is 30.4 Å². The lowest BCUT2D eigenvalue weighted by molar-refractivity contribution is -0.121. The first-order valence-electron chi connectivity index (χ1n) is 11.3. The molecule has 4 aromatic rings. The van der Waals surface area contributed by atoms with Crippen LogP contribution in [0, 0.1) is 12.8 Å². The van der Waals surface area contributed by atoms with E-state index in [2.05, 4.69) is 5.32 Å². The molecule has 2 aromatic heterocycles. The van der Waals surface area contributed by atoms with Crippen molar-refractivity contribution < 1.29 is 9.59 Å². The van der Waals surface area contributed by atoms with Crippen LogP contribution in [0.4, 0.5) is 5.82 Å². The van der Waals surface area contributed by atoms with Crippen LogP contribution in [-0.4, -0.2) is 39.2 Å². The van der Waals surface area contributed by atoms with Gasteiger partial charge in [-0.05, 0) is 44.0 Å². The molecule has 6 heteroatoms. The van der Waals surface area contributed by atoms with Crippen molar-refractivity contribution in [3.8, 4) is 11.3 Å². The van der Waals surface area contributed by atoms with Crippen LogP contribution in [0.5, 0.6) is 0 Å². The molecule has 0 saturated carbocycles. The Labute approximate surface area is 192 Å². The highest BCUT2D eigenvalue weighted by Gasteiger charge is 2.30. The van der Waals surface area contributed by atoms with E-state index in [1.54, 1.807) is 4.90 Å². The number of nitrogens with zero attached hydrogens (tertiary/aromatic N) is 3. The molecule has 166 valence electrons. The van der Waals surface area contributed by atoms with E-state index in [-0.39, 0.29) is 17.7 Å². The van der Waals surface area contributed by atoms with Gasteiger partial charge in [0.1, 0.15) is 17.2 Å². The standard InChI is InChI=1S/C27H26N4O2/c1-19-12-14-21(15-13-19)27(33)30-16-7-10-22(18-30)26(32)29-25-24(20-8-3-2-4-9-20)28-23-11-5-6-17-31(23)25/h2-6,8-9,11-15,17,22H,7,10,16,18H2,1H3,(H,29,32). The molecule has 6 nitrogen and oxygen atoms in total. The Bertz CT molecular complexity index is 1290. The molecule has 1 aliphatic heterocycles. The predicted molar refractivity (Wildman–Crippen MR) is 129 cm³/mol. The maximum atomic E-state index is 13.4. The maximum absolute atomic E-state index is 13.4. The predicted octanol–water partition coefficient (Wildman–Crippen LogP) is 4.80. The largest absolute Gasteiger partial charge is 0.338 e. The van der Waals surface area contributed by atoms with Gasteiger partial charge in [-0.1, -0.05) is 54.1 Å². The van der Waals surface area contributed by atoms with Gasteiger partial charge in [0.05, 0.1) is 5.92 Å². The summed E-state index contributed by atoms with van der Waals surface area (Å²) in [5, 5.41) is 3.13. The van der Waals surface area contributed by atoms with Gasteiger partial charge in [-0.25, -0.2) is 4.98 Å². The number of piperidine rings is 1. The van der Waals surface area contributed by atoms with E-state index in [1.807, 2.05) is 90.3 Å². The zero-order valence-electron chi connectivity index (χ0n) is 18.6. The third-order valence-electron chi connectivity index (χ3n) is 6.20. The molecule has 3 heterocycles. The van der Waals surface area contributed by atoms with Crippen molar-refractivity contribution in [2.75, 3.05) is 18.4 Å². The van der Waals surface area contributed by atoms with Crippen molar-refractivity contribution in [2.45, 2.75) is 19.8 Å². The maximum Gasteiger partial charge on any atom is 0.253 e. The summed E-state index contributed by atoms with van der Waals surface area (Å²) in [7, 11) is 0. The third-order valence-corrected chi connectivity index (χ3v) is 6.20. The molecule has 1 saturated heterocycles. The topological polar surface area (TPSA) is 66.7 Å². The second kappa shape index (κ2) is 8.90. The number of carbonyl (C=O) groups excluding carboxylic acids is 2. The second-order valence-electron chi connectivity index (χ2n) is 8.55. The zero-order chi connectivity index (χ0) is 22.8. The minimum absolute atomic E-state index is 0.0210. The minimum atomic E-state index is -0.272. The molecule has 0 aliphatic carbocycles. The van der Waals surface area contributed by atoms with E-state index in [0.29, 0.717) is 24.5 Å². The second-order valence-corrected chi connectivity index (χ2v) is 8.55. The van der Waals surface area contributed by atoms with E-state index in [4.69, 9.17) is 4.98 Å². The van der Waals surface area contributed by atoms with Crippen LogP contribution in [0.25, 0.3) is 16.9 Å². The average Bonchev–Trinajstić information content (AvgIpc) is 3.23. The third kappa shape index (κ3) is 4.24. The van der Waals surface area contributed by atoms with Crippen molar-refractivity contribution in [1.29, 1.82) is 0 Å². The summed E-state index contributed by atoms with van der Waals surface area (Å²) in [5.74, 6) is 0.279. The first-order valence-corrected chi connectivity index (χ1v) is 11.3. The first kappa shape index (κ1) is 20.9. The van der Waals surface area contributed by atoms with Crippen molar-refractivity contribution in [3.63, 3.8) is 0 Å². The van der Waals surface area contributed by atoms with Crippen LogP contribution >= 0.6 is 0 Å². The quantitative estimate of drug-likeness (QED) is 0.498. The highest BCUT2D eigenvalue weighted by molar-refractivity contribution is 5.98. The van der Waals surface area contributed by atoms with Crippen LogP contribution in [0.15, 0.2) is 79.0 Å². The number of likely N-dealkylation sites (tertiary alicyclic amines) is 1. The van der Waals surface area contributed by atoms with E-state index >= 15 is 0 Å². The number of rotatable bonds is 4. The Balaban J connectivity index is 1.38. The molecule has 0 radical (unpaired) electrons. The van der Waals surface area contributed by atoms with Gasteiger partial charge in [0.15, 0.2) is 0 Å². The highest BCUT2D eigenvalue weighted by Crippen LogP contribution is 2.30. The number of nitrogens with one attached hydrogen (secondary N) is 1. The fraction of sp³-hybridized carbons (Fsp3) is 0.222. The molecular weight excluding hydrogens is 412 g/mol. The molecule has 1 fully saturated rings. The van der Waals surface area contributed by atoms with E-state index < -0.39 is 0 Å². The van der Waals surface area contributed by atoms with Gasteiger partial charge in [0.2, 0.25) is 5.91 Å². The van der Waals surface area contributed by atoms with Crippen molar-refractivity contribution in [2.24, 2.45) is 5.92 Å². The molecule has 33 heavy (non-hydrogen) atoms. The van der Waals surface area contributed by atoms with E-state index in [9.17, 15) is 9.59 Å². The van der Waals surface area contributed by atoms with Gasteiger partial charge < -0.3 is 10.2 Å². The number of imidazole rings is 1. The van der Waals surface area contributed by atoms with E-state index in [0.717, 1.165) is 35.3 Å². The molecule has 5 rings (SSSR count). The Morgan fingerprint density at radius 2 is 1.73 bits per heavy atom. The Morgan fingerprint density at radius 3 is 2.52 bits per heavy atom. The average molecular weight is 439 g/mol. The van der Waals surface area contributed by atoms with Crippen LogP contribution < -0.4 is 5.32 Å². The number of aryl methyl sites for hydroxylation is 1. The van der Waals surface area contributed by atoms with Crippen LogP contribution in [0.3, 0.4) is 0 Å². The first-order chi connectivity index (χ1) is 16.1. The smallest absolute Gasteiger partial charge is 0.253 e. The Kier molecular flexibility index (Phi) is 5.65. The van der Waals surface area contributed by atoms with Crippen molar-refractivity contribution in [3.05, 3.63) is 90.1 Å². The SMILES string of the molecule is Cc1ccc(C(=O)N2CCCC(C(=O)Nc3c(-c4ccccc4)nc4ccccn34)C2)cc1. The Morgan fingerprint density at radius 1 is 0.970 bits per heavy atom. The fourth-order valence-electron chi connectivity index (χ4n) is 4.39. The van der Waals surface area contributed by atoms with Crippen molar-refractivity contribution >= 4 is 23.3 Å². The number of amides is 2. The van der Waals surface area contributed by atoms with Crippen molar-refractivity contribution in [1.82, 2.24) is 14.3 Å². The molecule has 1 aliphatic rings. The number of fused-ring (bicyclic) bond motifs is 1. The molecule has 0 spiro atoms. The fourth-order valence-corrected chi connectivity index (χ4v) is 4.39. The Hall–Kier alpha value is -3.93. The van der Waals surface area contributed by atoms with Gasteiger partial charge in [-0.15, -0.1) is 0 Å². The lowest BCUT2D eigenvalue weighted by Crippen LogP contribution is -2.43. The number of hydrogen-bond donors (Lipinski definition) is 1. The molecule has 2 amide bonds. The number of hydrogen-bond acceptors (Lipinski definition) is 3. The van der Waals surface area contributed by atoms with Gasteiger partial charge in [0.25, 0.3) is 5.91 Å². The summed E-state index contributed by atoms with van der Waals surface area (Å²) < 4.78 is 1.90. The van der Waals surface area contributed by atoms with Gasteiger partial charge >= 0.3 is 0 Å². The minimum Gasteiger partial charge on any atom is -0.338 e. The number of pyridine rings is 1. The van der Waals surface area contributed by atoms with E-state index in [1.165, 1.54) is 0 Å². The molecule has 0 bridgehead atoms. The summed E-state index contributed by atoms with van der Waals surface area (Å²) >= 11 is 0. The lowest BCUT2D eigenvalue weighted by Gasteiger charge is -2.32. The number of anilines is 1. The molecule has 1 unspecified atom stereocenters. The summed E-state index contributed by atoms with van der Waals surface area (Å²) in [6, 6.07) is 23.2. The molecule has 1 atom stereocenters. The molecular formula is C27H26N4O2. The van der Waals surface area contributed by atoms with Crippen LogP contribution in [0.1, 0.15) is 28.8 Å². The summed E-state index contributed by atoms with van der Waals surface area (Å²) in [4.78, 5) is 32.9. The van der Waals surface area contributed by atoms with Crippen LogP contribution in [-0.2, 0) is 4.79 Å². The highest BCUT2D eigenvalue weighted by atomic mass is 16.2. The monoisotopic (exact) mass is 438 g/mol. The number of benzene rings is 2. The van der Waals surface area contributed by atoms with Gasteiger partial charge in [-0.2, -0.15) is 0 Å². The zero-order valence-corrected chi connectivity index (χ0v) is 18.6. The molecule has 2 aromatic carbocycles. The van der Waals surface area contributed by atoms with Gasteiger partial charge in [-0.3, -0.25) is 14.0 Å². The normalized spacial score (nSPS) is 16.0. The summed E-state index contributed by atoms with van der Waals surface area (Å²) in [6.07, 6.45) is 3.45. The number of carbonyl (C=O) groups is 2. The number of aromatic nitrogens is 2. The lowest BCUT2D eigenvalue weighted by atomic mass is 9.96. The summed E-state index contributed by atoms with van der Waals surface area (Å²) in [6.45, 7) is 3.08. The van der Waals surface area contributed by atoms with Crippen LogP contribution in [0.2, 0.25) is 0 Å².